The minimum absolute atomic E-state index is 0.0716. The zero-order valence-corrected chi connectivity index (χ0v) is 11.0. The monoisotopic (exact) mass is 247 g/mol. The van der Waals surface area contributed by atoms with E-state index in [0.717, 1.165) is 25.9 Å². The zero-order chi connectivity index (χ0) is 12.8. The summed E-state index contributed by atoms with van der Waals surface area (Å²) in [5, 5.41) is 0. The molecular formula is C15H21NO2. The molecule has 0 N–H and O–H groups in total. The largest absolute Gasteiger partial charge is 0.468 e. The van der Waals surface area contributed by atoms with Crippen LogP contribution in [0.2, 0.25) is 0 Å². The highest BCUT2D eigenvalue weighted by atomic mass is 16.5. The molecular weight excluding hydrogens is 226 g/mol. The number of benzene rings is 1. The summed E-state index contributed by atoms with van der Waals surface area (Å²) in [6.45, 7) is 2.04. The van der Waals surface area contributed by atoms with Gasteiger partial charge < -0.3 is 4.74 Å². The number of likely N-dealkylation sites (tertiary alicyclic amines) is 1. The topological polar surface area (TPSA) is 29.5 Å². The Bertz CT molecular complexity index is 371. The highest BCUT2D eigenvalue weighted by Gasteiger charge is 2.28. The molecule has 98 valence electrons. The molecule has 3 nitrogen and oxygen atoms in total. The van der Waals surface area contributed by atoms with Crippen molar-refractivity contribution in [3.05, 3.63) is 35.9 Å². The summed E-state index contributed by atoms with van der Waals surface area (Å²) < 4.78 is 4.93. The van der Waals surface area contributed by atoms with Crippen LogP contribution in [0.4, 0.5) is 0 Å². The average Bonchev–Trinajstić information content (AvgIpc) is 2.94. The second kappa shape index (κ2) is 6.55. The van der Waals surface area contributed by atoms with Crippen molar-refractivity contribution in [1.82, 2.24) is 4.90 Å². The standard InChI is InChI=1S/C15H21NO2/c1-18-15(17)14(16-11-5-6-12-16)10-9-13-7-3-2-4-8-13/h2-4,7-8,14H,5-6,9-12H2,1H3/t14-/m1/s1. The van der Waals surface area contributed by atoms with E-state index in [0.29, 0.717) is 0 Å². The first-order valence-corrected chi connectivity index (χ1v) is 6.67. The van der Waals surface area contributed by atoms with Crippen LogP contribution in [0.5, 0.6) is 0 Å². The minimum atomic E-state index is -0.0900. The van der Waals surface area contributed by atoms with Crippen molar-refractivity contribution in [2.45, 2.75) is 31.7 Å². The third kappa shape index (κ3) is 3.33. The van der Waals surface area contributed by atoms with Crippen LogP contribution >= 0.6 is 0 Å². The molecule has 0 aromatic heterocycles. The number of carbonyl (C=O) groups excluding carboxylic acids is 1. The van der Waals surface area contributed by atoms with E-state index in [-0.39, 0.29) is 12.0 Å². The van der Waals surface area contributed by atoms with E-state index in [1.807, 2.05) is 18.2 Å². The van der Waals surface area contributed by atoms with Crippen LogP contribution < -0.4 is 0 Å². The van der Waals surface area contributed by atoms with E-state index in [2.05, 4.69) is 17.0 Å². The maximum Gasteiger partial charge on any atom is 0.323 e. The predicted molar refractivity (Wildman–Crippen MR) is 71.4 cm³/mol. The number of methoxy groups -OCH3 is 1. The van der Waals surface area contributed by atoms with E-state index < -0.39 is 0 Å². The first-order valence-electron chi connectivity index (χ1n) is 6.67. The molecule has 3 heteroatoms. The van der Waals surface area contributed by atoms with Crippen LogP contribution in [0.25, 0.3) is 0 Å². The Balaban J connectivity index is 1.94. The molecule has 2 rings (SSSR count). The summed E-state index contributed by atoms with van der Waals surface area (Å²) in [7, 11) is 1.48. The van der Waals surface area contributed by atoms with Gasteiger partial charge in [-0.2, -0.15) is 0 Å². The van der Waals surface area contributed by atoms with Crippen LogP contribution in [-0.4, -0.2) is 37.1 Å². The number of hydrogen-bond acceptors (Lipinski definition) is 3. The lowest BCUT2D eigenvalue weighted by Crippen LogP contribution is -2.40. The van der Waals surface area contributed by atoms with Crippen molar-refractivity contribution in [2.75, 3.05) is 20.2 Å². The Labute approximate surface area is 109 Å². The van der Waals surface area contributed by atoms with Crippen LogP contribution in [0.15, 0.2) is 30.3 Å². The summed E-state index contributed by atoms with van der Waals surface area (Å²) >= 11 is 0. The zero-order valence-electron chi connectivity index (χ0n) is 11.0. The molecule has 1 heterocycles. The van der Waals surface area contributed by atoms with Gasteiger partial charge in [0.05, 0.1) is 7.11 Å². The van der Waals surface area contributed by atoms with Crippen LogP contribution in [0.3, 0.4) is 0 Å². The van der Waals surface area contributed by atoms with Crippen molar-refractivity contribution in [2.24, 2.45) is 0 Å². The van der Waals surface area contributed by atoms with E-state index in [9.17, 15) is 4.79 Å². The molecule has 0 unspecified atom stereocenters. The van der Waals surface area contributed by atoms with E-state index in [1.54, 1.807) is 0 Å². The maximum absolute atomic E-state index is 11.9. The fraction of sp³-hybridized carbons (Fsp3) is 0.533. The number of carbonyl (C=O) groups is 1. The Morgan fingerprint density at radius 2 is 1.94 bits per heavy atom. The molecule has 0 radical (unpaired) electrons. The molecule has 0 spiro atoms. The van der Waals surface area contributed by atoms with Crippen molar-refractivity contribution in [3.63, 3.8) is 0 Å². The molecule has 1 aromatic carbocycles. The van der Waals surface area contributed by atoms with Gasteiger partial charge in [0.1, 0.15) is 6.04 Å². The highest BCUT2D eigenvalue weighted by Crippen LogP contribution is 2.17. The second-order valence-electron chi connectivity index (χ2n) is 4.81. The van der Waals surface area contributed by atoms with Gasteiger partial charge in [0.25, 0.3) is 0 Å². The van der Waals surface area contributed by atoms with E-state index >= 15 is 0 Å². The Hall–Kier alpha value is -1.35. The molecule has 1 fully saturated rings. The molecule has 18 heavy (non-hydrogen) atoms. The van der Waals surface area contributed by atoms with Gasteiger partial charge in [0.2, 0.25) is 0 Å². The lowest BCUT2D eigenvalue weighted by Gasteiger charge is -2.25. The lowest BCUT2D eigenvalue weighted by molar-refractivity contribution is -0.146. The van der Waals surface area contributed by atoms with Crippen LogP contribution in [0.1, 0.15) is 24.8 Å². The Morgan fingerprint density at radius 3 is 2.56 bits per heavy atom. The van der Waals surface area contributed by atoms with Gasteiger partial charge in [-0.15, -0.1) is 0 Å². The second-order valence-corrected chi connectivity index (χ2v) is 4.81. The SMILES string of the molecule is COC(=O)[C@@H](CCc1ccccc1)N1CCCC1. The molecule has 1 aliphatic heterocycles. The molecule has 1 aromatic rings. The normalized spacial score (nSPS) is 17.6. The molecule has 0 aliphatic carbocycles. The van der Waals surface area contributed by atoms with Gasteiger partial charge in [0.15, 0.2) is 0 Å². The smallest absolute Gasteiger partial charge is 0.323 e. The minimum Gasteiger partial charge on any atom is -0.468 e. The molecule has 1 saturated heterocycles. The summed E-state index contributed by atoms with van der Waals surface area (Å²) in [4.78, 5) is 14.1. The fourth-order valence-corrected chi connectivity index (χ4v) is 2.59. The number of rotatable bonds is 5. The fourth-order valence-electron chi connectivity index (χ4n) is 2.59. The molecule has 1 atom stereocenters. The Morgan fingerprint density at radius 1 is 1.28 bits per heavy atom. The third-order valence-corrected chi connectivity index (χ3v) is 3.60. The maximum atomic E-state index is 11.9. The molecule has 0 saturated carbocycles. The van der Waals surface area contributed by atoms with Crippen molar-refractivity contribution < 1.29 is 9.53 Å². The Kier molecular flexibility index (Phi) is 4.76. The third-order valence-electron chi connectivity index (χ3n) is 3.60. The summed E-state index contributed by atoms with van der Waals surface area (Å²) in [6, 6.07) is 10.2. The summed E-state index contributed by atoms with van der Waals surface area (Å²) in [6.07, 6.45) is 4.16. The molecule has 0 amide bonds. The van der Waals surface area contributed by atoms with Crippen LogP contribution in [0, 0.1) is 0 Å². The van der Waals surface area contributed by atoms with Crippen molar-refractivity contribution in [3.8, 4) is 0 Å². The first kappa shape index (κ1) is 13.1. The van der Waals surface area contributed by atoms with E-state index in [1.165, 1.54) is 25.5 Å². The highest BCUT2D eigenvalue weighted by molar-refractivity contribution is 5.75. The molecule has 0 bridgehead atoms. The van der Waals surface area contributed by atoms with Gasteiger partial charge >= 0.3 is 5.97 Å². The number of ether oxygens (including phenoxy) is 1. The molecule has 1 aliphatic rings. The number of hydrogen-bond donors (Lipinski definition) is 0. The summed E-state index contributed by atoms with van der Waals surface area (Å²) in [5.41, 5.74) is 1.28. The van der Waals surface area contributed by atoms with Gasteiger partial charge in [-0.3, -0.25) is 9.69 Å². The van der Waals surface area contributed by atoms with Gasteiger partial charge in [-0.1, -0.05) is 30.3 Å². The lowest BCUT2D eigenvalue weighted by atomic mass is 10.0. The van der Waals surface area contributed by atoms with E-state index in [4.69, 9.17) is 4.74 Å². The number of aryl methyl sites for hydroxylation is 1. The van der Waals surface area contributed by atoms with Gasteiger partial charge in [0, 0.05) is 0 Å². The number of esters is 1. The quantitative estimate of drug-likeness (QED) is 0.747. The van der Waals surface area contributed by atoms with Crippen molar-refractivity contribution in [1.29, 1.82) is 0 Å². The average molecular weight is 247 g/mol. The van der Waals surface area contributed by atoms with Crippen molar-refractivity contribution >= 4 is 5.97 Å². The van der Waals surface area contributed by atoms with Gasteiger partial charge in [-0.05, 0) is 44.3 Å². The van der Waals surface area contributed by atoms with Crippen LogP contribution in [-0.2, 0) is 16.0 Å². The first-order chi connectivity index (χ1) is 8.81. The predicted octanol–water partition coefficient (Wildman–Crippen LogP) is 2.26. The number of nitrogens with zero attached hydrogens (tertiary/aromatic N) is 1. The summed E-state index contributed by atoms with van der Waals surface area (Å²) in [5.74, 6) is -0.0900. The van der Waals surface area contributed by atoms with Gasteiger partial charge in [-0.25, -0.2) is 0 Å².